The average Bonchev–Trinajstić information content (AvgIpc) is 2.43. The summed E-state index contributed by atoms with van der Waals surface area (Å²) in [5, 5.41) is 9.75. The summed E-state index contributed by atoms with van der Waals surface area (Å²) in [4.78, 5) is 2.41. The normalized spacial score (nSPS) is 37.6. The van der Waals surface area contributed by atoms with Gasteiger partial charge in [-0.1, -0.05) is 0 Å². The van der Waals surface area contributed by atoms with Crippen LogP contribution in [0.1, 0.15) is 25.7 Å². The largest absolute Gasteiger partial charge is 0.391 e. The summed E-state index contributed by atoms with van der Waals surface area (Å²) in [5.74, 6) is 0. The zero-order valence-corrected chi connectivity index (χ0v) is 8.11. The Bertz CT molecular complexity index is 155. The molecule has 3 heteroatoms. The van der Waals surface area contributed by atoms with Gasteiger partial charge in [-0.05, 0) is 25.7 Å². The first-order valence-electron chi connectivity index (χ1n) is 5.38. The molecule has 0 spiro atoms. The zero-order valence-electron chi connectivity index (χ0n) is 8.11. The third kappa shape index (κ3) is 2.22. The van der Waals surface area contributed by atoms with Crippen LogP contribution in [-0.4, -0.2) is 48.5 Å². The molecule has 2 rings (SSSR count). The van der Waals surface area contributed by atoms with Gasteiger partial charge in [0.05, 0.1) is 12.7 Å². The number of nitrogens with zero attached hydrogens (tertiary/aromatic N) is 1. The van der Waals surface area contributed by atoms with Crippen LogP contribution in [0.4, 0.5) is 0 Å². The minimum atomic E-state index is -0.0851. The number of rotatable bonds is 1. The van der Waals surface area contributed by atoms with Crippen LogP contribution in [0, 0.1) is 0 Å². The predicted octanol–water partition coefficient (Wildman–Crippen LogP) is 0.622. The van der Waals surface area contributed by atoms with Gasteiger partial charge >= 0.3 is 0 Å². The summed E-state index contributed by atoms with van der Waals surface area (Å²) in [5.41, 5.74) is 0. The highest BCUT2D eigenvalue weighted by molar-refractivity contribution is 4.85. The molecule has 1 N–H and O–H groups in total. The fourth-order valence-corrected chi connectivity index (χ4v) is 2.44. The van der Waals surface area contributed by atoms with E-state index in [4.69, 9.17) is 4.74 Å². The first-order chi connectivity index (χ1) is 6.38. The third-order valence-electron chi connectivity index (χ3n) is 3.17. The summed E-state index contributed by atoms with van der Waals surface area (Å²) < 4.78 is 5.40. The maximum Gasteiger partial charge on any atom is 0.0695 e. The van der Waals surface area contributed by atoms with Crippen LogP contribution in [0.2, 0.25) is 0 Å². The maximum absolute atomic E-state index is 9.75. The van der Waals surface area contributed by atoms with Gasteiger partial charge in [0.25, 0.3) is 0 Å². The van der Waals surface area contributed by atoms with Crippen LogP contribution in [-0.2, 0) is 4.74 Å². The first-order valence-corrected chi connectivity index (χ1v) is 5.38. The zero-order chi connectivity index (χ0) is 9.10. The molecule has 1 saturated carbocycles. The smallest absolute Gasteiger partial charge is 0.0695 e. The Labute approximate surface area is 79.7 Å². The molecule has 2 aliphatic rings. The molecule has 76 valence electrons. The number of aliphatic hydroxyl groups is 1. The molecule has 0 radical (unpaired) electrons. The van der Waals surface area contributed by atoms with Gasteiger partial charge in [-0.15, -0.1) is 0 Å². The van der Waals surface area contributed by atoms with Gasteiger partial charge in [0, 0.05) is 25.7 Å². The van der Waals surface area contributed by atoms with Gasteiger partial charge in [0.15, 0.2) is 0 Å². The highest BCUT2D eigenvalue weighted by atomic mass is 16.5. The molecule has 0 unspecified atom stereocenters. The van der Waals surface area contributed by atoms with E-state index in [1.54, 1.807) is 0 Å². The molecule has 1 aliphatic carbocycles. The summed E-state index contributed by atoms with van der Waals surface area (Å²) in [6.07, 6.45) is 4.37. The van der Waals surface area contributed by atoms with Gasteiger partial charge in [-0.2, -0.15) is 0 Å². The molecule has 13 heavy (non-hydrogen) atoms. The Hall–Kier alpha value is -0.120. The molecule has 0 bridgehead atoms. The Kier molecular flexibility index (Phi) is 3.19. The van der Waals surface area contributed by atoms with Crippen molar-refractivity contribution in [2.24, 2.45) is 0 Å². The molecule has 0 aromatic heterocycles. The minimum absolute atomic E-state index is 0.0851. The van der Waals surface area contributed by atoms with Gasteiger partial charge in [-0.25, -0.2) is 0 Å². The van der Waals surface area contributed by atoms with Crippen molar-refractivity contribution in [3.63, 3.8) is 0 Å². The topological polar surface area (TPSA) is 32.7 Å². The lowest BCUT2D eigenvalue weighted by Crippen LogP contribution is -2.41. The molecule has 1 saturated heterocycles. The fourth-order valence-electron chi connectivity index (χ4n) is 2.44. The highest BCUT2D eigenvalue weighted by Gasteiger charge is 2.30. The van der Waals surface area contributed by atoms with Crippen molar-refractivity contribution >= 4 is 0 Å². The summed E-state index contributed by atoms with van der Waals surface area (Å²) in [6, 6.07) is 0.418. The van der Waals surface area contributed by atoms with E-state index in [1.165, 1.54) is 12.8 Å². The second-order valence-corrected chi connectivity index (χ2v) is 4.07. The number of aliphatic hydroxyl groups excluding tert-OH is 1. The first kappa shape index (κ1) is 9.44. The van der Waals surface area contributed by atoms with E-state index in [0.29, 0.717) is 6.04 Å². The van der Waals surface area contributed by atoms with Crippen LogP contribution in [0.3, 0.4) is 0 Å². The number of hydrogen-bond donors (Lipinski definition) is 1. The Morgan fingerprint density at radius 2 is 2.00 bits per heavy atom. The second-order valence-electron chi connectivity index (χ2n) is 4.07. The molecule has 3 nitrogen and oxygen atoms in total. The Balaban J connectivity index is 1.89. The quantitative estimate of drug-likeness (QED) is 0.650. The van der Waals surface area contributed by atoms with Crippen molar-refractivity contribution in [2.45, 2.75) is 37.8 Å². The predicted molar refractivity (Wildman–Crippen MR) is 50.7 cm³/mol. The van der Waals surface area contributed by atoms with Crippen LogP contribution >= 0.6 is 0 Å². The highest BCUT2D eigenvalue weighted by Crippen LogP contribution is 2.24. The molecule has 1 heterocycles. The maximum atomic E-state index is 9.75. The molecule has 0 amide bonds. The summed E-state index contributed by atoms with van der Waals surface area (Å²) in [6.45, 7) is 3.83. The average molecular weight is 185 g/mol. The molecule has 1 aliphatic heterocycles. The van der Waals surface area contributed by atoms with Gasteiger partial charge in [-0.3, -0.25) is 4.90 Å². The summed E-state index contributed by atoms with van der Waals surface area (Å²) >= 11 is 0. The van der Waals surface area contributed by atoms with Crippen LogP contribution < -0.4 is 0 Å². The van der Waals surface area contributed by atoms with E-state index in [-0.39, 0.29) is 6.10 Å². The second kappa shape index (κ2) is 4.40. The molecule has 0 aromatic carbocycles. The standard InChI is InChI=1S/C10H19NO2/c12-10-4-1-3-9(10)11-5-2-7-13-8-6-11/h9-10,12H,1-8H2/t9-,10-/m1/s1. The van der Waals surface area contributed by atoms with E-state index in [2.05, 4.69) is 4.90 Å². The van der Waals surface area contributed by atoms with Gasteiger partial charge < -0.3 is 9.84 Å². The Morgan fingerprint density at radius 1 is 1.08 bits per heavy atom. The minimum Gasteiger partial charge on any atom is -0.391 e. The Morgan fingerprint density at radius 3 is 2.77 bits per heavy atom. The molecular weight excluding hydrogens is 166 g/mol. The lowest BCUT2D eigenvalue weighted by Gasteiger charge is -2.28. The van der Waals surface area contributed by atoms with Crippen molar-refractivity contribution in [1.29, 1.82) is 0 Å². The summed E-state index contributed by atoms with van der Waals surface area (Å²) in [7, 11) is 0. The molecule has 2 fully saturated rings. The van der Waals surface area contributed by atoms with Gasteiger partial charge in [0.1, 0.15) is 0 Å². The van der Waals surface area contributed by atoms with Crippen molar-refractivity contribution in [1.82, 2.24) is 4.90 Å². The molecule has 2 atom stereocenters. The van der Waals surface area contributed by atoms with Crippen molar-refractivity contribution < 1.29 is 9.84 Å². The number of hydrogen-bond acceptors (Lipinski definition) is 3. The van der Waals surface area contributed by atoms with Crippen molar-refractivity contribution in [2.75, 3.05) is 26.3 Å². The van der Waals surface area contributed by atoms with E-state index in [1.807, 2.05) is 0 Å². The van der Waals surface area contributed by atoms with E-state index in [0.717, 1.165) is 39.1 Å². The van der Waals surface area contributed by atoms with Crippen molar-refractivity contribution in [3.8, 4) is 0 Å². The third-order valence-corrected chi connectivity index (χ3v) is 3.17. The van der Waals surface area contributed by atoms with Crippen LogP contribution in [0.25, 0.3) is 0 Å². The molecule has 0 aromatic rings. The van der Waals surface area contributed by atoms with E-state index in [9.17, 15) is 5.11 Å². The van der Waals surface area contributed by atoms with E-state index >= 15 is 0 Å². The number of ether oxygens (including phenoxy) is 1. The lowest BCUT2D eigenvalue weighted by atomic mass is 10.1. The van der Waals surface area contributed by atoms with Crippen molar-refractivity contribution in [3.05, 3.63) is 0 Å². The fraction of sp³-hybridized carbons (Fsp3) is 1.00. The monoisotopic (exact) mass is 185 g/mol. The van der Waals surface area contributed by atoms with E-state index < -0.39 is 0 Å². The lowest BCUT2D eigenvalue weighted by molar-refractivity contribution is 0.0663. The SMILES string of the molecule is O[C@@H]1CCC[C@H]1N1CCCOCC1. The van der Waals surface area contributed by atoms with Crippen LogP contribution in [0.5, 0.6) is 0 Å². The van der Waals surface area contributed by atoms with Crippen LogP contribution in [0.15, 0.2) is 0 Å². The van der Waals surface area contributed by atoms with Gasteiger partial charge in [0.2, 0.25) is 0 Å². The molecular formula is C10H19NO2.